The highest BCUT2D eigenvalue weighted by atomic mass is 32.1. The second kappa shape index (κ2) is 12.0. The molecule has 30 heavy (non-hydrogen) atoms. The van der Waals surface area contributed by atoms with E-state index < -0.39 is 0 Å². The third kappa shape index (κ3) is 7.07. The Balaban J connectivity index is 1.55. The van der Waals surface area contributed by atoms with Crippen LogP contribution in [-0.2, 0) is 19.5 Å². The van der Waals surface area contributed by atoms with Crippen molar-refractivity contribution < 1.29 is 0 Å². The van der Waals surface area contributed by atoms with E-state index in [0.29, 0.717) is 6.54 Å². The van der Waals surface area contributed by atoms with Crippen LogP contribution in [0.3, 0.4) is 0 Å². The minimum absolute atomic E-state index is 0.691. The van der Waals surface area contributed by atoms with Gasteiger partial charge in [0.1, 0.15) is 0 Å². The molecule has 2 aromatic rings. The third-order valence-corrected chi connectivity index (χ3v) is 6.34. The van der Waals surface area contributed by atoms with Gasteiger partial charge in [-0.15, -0.1) is 11.3 Å². The molecule has 0 radical (unpaired) electrons. The Bertz CT molecular complexity index is 794. The first-order valence-electron chi connectivity index (χ1n) is 11.1. The summed E-state index contributed by atoms with van der Waals surface area (Å²) in [6, 6.07) is 8.73. The van der Waals surface area contributed by atoms with Crippen molar-refractivity contribution in [2.75, 3.05) is 45.8 Å². The minimum atomic E-state index is 0.691. The molecule has 1 saturated heterocycles. The first-order chi connectivity index (χ1) is 14.7. The molecule has 164 valence electrons. The van der Waals surface area contributed by atoms with E-state index >= 15 is 0 Å². The van der Waals surface area contributed by atoms with Crippen LogP contribution in [0.15, 0.2) is 34.6 Å². The third-order valence-electron chi connectivity index (χ3n) is 5.52. The Labute approximate surface area is 185 Å². The number of thiazole rings is 1. The number of likely N-dealkylation sites (N-methyl/N-ethyl adjacent to an activating group) is 1. The molecule has 2 heterocycles. The van der Waals surface area contributed by atoms with Crippen LogP contribution < -0.4 is 10.6 Å². The van der Waals surface area contributed by atoms with E-state index in [0.717, 1.165) is 62.4 Å². The Morgan fingerprint density at radius 1 is 1.07 bits per heavy atom. The summed E-state index contributed by atoms with van der Waals surface area (Å²) in [7, 11) is 0. The van der Waals surface area contributed by atoms with Crippen molar-refractivity contribution in [2.24, 2.45) is 4.99 Å². The van der Waals surface area contributed by atoms with E-state index in [9.17, 15) is 0 Å². The number of aryl methyl sites for hydroxylation is 1. The Kier molecular flexibility index (Phi) is 9.11. The fraction of sp³-hybridized carbons (Fsp3) is 0.565. The number of nitrogens with zero attached hydrogens (tertiary/aromatic N) is 4. The van der Waals surface area contributed by atoms with Crippen LogP contribution >= 0.6 is 11.3 Å². The van der Waals surface area contributed by atoms with Gasteiger partial charge in [0.2, 0.25) is 0 Å². The van der Waals surface area contributed by atoms with E-state index in [1.807, 2.05) is 6.92 Å². The van der Waals surface area contributed by atoms with Gasteiger partial charge in [-0.3, -0.25) is 4.90 Å². The average Bonchev–Trinajstić information content (AvgIpc) is 3.18. The molecule has 1 fully saturated rings. The van der Waals surface area contributed by atoms with E-state index in [4.69, 9.17) is 4.99 Å². The zero-order valence-electron chi connectivity index (χ0n) is 18.7. The molecule has 7 heteroatoms. The number of piperazine rings is 1. The second-order valence-corrected chi connectivity index (χ2v) is 8.77. The van der Waals surface area contributed by atoms with Crippen molar-refractivity contribution in [3.8, 4) is 0 Å². The van der Waals surface area contributed by atoms with Gasteiger partial charge in [-0.05, 0) is 31.5 Å². The number of benzene rings is 1. The molecule has 0 bridgehead atoms. The van der Waals surface area contributed by atoms with Gasteiger partial charge in [0, 0.05) is 57.6 Å². The number of guanidine groups is 1. The summed E-state index contributed by atoms with van der Waals surface area (Å²) in [5, 5.41) is 10.1. The first kappa shape index (κ1) is 22.7. The normalized spacial score (nSPS) is 16.0. The summed E-state index contributed by atoms with van der Waals surface area (Å²) in [5.74, 6) is 0.871. The van der Waals surface area contributed by atoms with Gasteiger partial charge < -0.3 is 15.5 Å². The van der Waals surface area contributed by atoms with Crippen LogP contribution in [0, 0.1) is 6.92 Å². The van der Waals surface area contributed by atoms with Crippen LogP contribution in [0.2, 0.25) is 0 Å². The number of hydrogen-bond donors (Lipinski definition) is 2. The lowest BCUT2D eigenvalue weighted by Gasteiger charge is -2.34. The first-order valence-corrected chi connectivity index (χ1v) is 12.0. The van der Waals surface area contributed by atoms with Crippen LogP contribution in [-0.4, -0.2) is 66.6 Å². The molecular formula is C23H36N6S. The maximum absolute atomic E-state index is 4.85. The number of aliphatic imine (C=N–C) groups is 1. The molecule has 1 aliphatic heterocycles. The lowest BCUT2D eigenvalue weighted by molar-refractivity contribution is 0.131. The summed E-state index contributed by atoms with van der Waals surface area (Å²) in [6.07, 6.45) is 0.912. The van der Waals surface area contributed by atoms with Crippen molar-refractivity contribution in [2.45, 2.75) is 40.3 Å². The van der Waals surface area contributed by atoms with Crippen molar-refractivity contribution in [1.82, 2.24) is 25.4 Å². The molecule has 6 nitrogen and oxygen atoms in total. The maximum atomic E-state index is 4.85. The van der Waals surface area contributed by atoms with Crippen molar-refractivity contribution >= 4 is 17.3 Å². The molecule has 2 N–H and O–H groups in total. The van der Waals surface area contributed by atoms with Crippen LogP contribution in [0.5, 0.6) is 0 Å². The maximum Gasteiger partial charge on any atom is 0.191 e. The predicted molar refractivity (Wildman–Crippen MR) is 127 cm³/mol. The second-order valence-electron chi connectivity index (χ2n) is 7.71. The number of nitrogens with one attached hydrogen (secondary N) is 2. The fourth-order valence-corrected chi connectivity index (χ4v) is 4.36. The lowest BCUT2D eigenvalue weighted by atomic mass is 10.1. The highest BCUT2D eigenvalue weighted by Gasteiger charge is 2.16. The average molecular weight is 429 g/mol. The standard InChI is InChI=1S/C23H36N6S/c1-4-24-23(25-11-10-22-18-30-19(3)27-22)26-16-20-8-6-7-9-21(20)17-29-14-12-28(5-2)13-15-29/h6-9,18H,4-5,10-17H2,1-3H3,(H2,24,25,26). The van der Waals surface area contributed by atoms with Gasteiger partial charge in [-0.1, -0.05) is 31.2 Å². The van der Waals surface area contributed by atoms with Crippen LogP contribution in [0.4, 0.5) is 0 Å². The molecule has 0 aliphatic carbocycles. The molecule has 3 rings (SSSR count). The van der Waals surface area contributed by atoms with E-state index in [1.165, 1.54) is 24.2 Å². The van der Waals surface area contributed by atoms with Crippen LogP contribution in [0.25, 0.3) is 0 Å². The molecule has 1 aliphatic rings. The van der Waals surface area contributed by atoms with Crippen molar-refractivity contribution in [1.29, 1.82) is 0 Å². The molecule has 1 aromatic carbocycles. The molecule has 0 unspecified atom stereocenters. The topological polar surface area (TPSA) is 55.8 Å². The molecule has 1 aromatic heterocycles. The van der Waals surface area contributed by atoms with Gasteiger partial charge in [0.05, 0.1) is 17.2 Å². The highest BCUT2D eigenvalue weighted by molar-refractivity contribution is 7.09. The summed E-state index contributed by atoms with van der Waals surface area (Å²) < 4.78 is 0. The zero-order valence-corrected chi connectivity index (χ0v) is 19.5. The molecule has 0 saturated carbocycles. The summed E-state index contributed by atoms with van der Waals surface area (Å²) in [5.41, 5.74) is 3.84. The van der Waals surface area contributed by atoms with Gasteiger partial charge >= 0.3 is 0 Å². The summed E-state index contributed by atoms with van der Waals surface area (Å²) in [4.78, 5) is 14.5. The molecule has 0 atom stereocenters. The molecule has 0 spiro atoms. The van der Waals surface area contributed by atoms with Crippen molar-refractivity contribution in [3.63, 3.8) is 0 Å². The quantitative estimate of drug-likeness (QED) is 0.475. The van der Waals surface area contributed by atoms with Gasteiger partial charge in [-0.2, -0.15) is 0 Å². The smallest absolute Gasteiger partial charge is 0.191 e. The summed E-state index contributed by atoms with van der Waals surface area (Å²) >= 11 is 1.71. The van der Waals surface area contributed by atoms with Gasteiger partial charge in [0.15, 0.2) is 5.96 Å². The van der Waals surface area contributed by atoms with Crippen molar-refractivity contribution in [3.05, 3.63) is 51.5 Å². The monoisotopic (exact) mass is 428 g/mol. The van der Waals surface area contributed by atoms with E-state index in [-0.39, 0.29) is 0 Å². The molecule has 0 amide bonds. The zero-order chi connectivity index (χ0) is 21.2. The highest BCUT2D eigenvalue weighted by Crippen LogP contribution is 2.15. The predicted octanol–water partition coefficient (Wildman–Crippen LogP) is 2.89. The van der Waals surface area contributed by atoms with E-state index in [1.54, 1.807) is 11.3 Å². The SMILES string of the molecule is CCNC(=NCc1ccccc1CN1CCN(CC)CC1)NCCc1csc(C)n1. The number of rotatable bonds is 9. The fourth-order valence-electron chi connectivity index (χ4n) is 3.71. The van der Waals surface area contributed by atoms with Gasteiger partial charge in [-0.25, -0.2) is 9.98 Å². The number of aromatic nitrogens is 1. The largest absolute Gasteiger partial charge is 0.357 e. The lowest BCUT2D eigenvalue weighted by Crippen LogP contribution is -2.45. The Hall–Kier alpha value is -1.96. The van der Waals surface area contributed by atoms with Gasteiger partial charge in [0.25, 0.3) is 0 Å². The minimum Gasteiger partial charge on any atom is -0.357 e. The number of hydrogen-bond acceptors (Lipinski definition) is 5. The Morgan fingerprint density at radius 3 is 2.47 bits per heavy atom. The Morgan fingerprint density at radius 2 is 1.80 bits per heavy atom. The van der Waals surface area contributed by atoms with E-state index in [2.05, 4.69) is 68.9 Å². The summed E-state index contributed by atoms with van der Waals surface area (Å²) in [6.45, 7) is 15.6. The molecular weight excluding hydrogens is 392 g/mol. The van der Waals surface area contributed by atoms with Crippen LogP contribution in [0.1, 0.15) is 35.7 Å².